The lowest BCUT2D eigenvalue weighted by molar-refractivity contribution is -0.136. The maximum Gasteiger partial charge on any atom is 0.389 e. The Bertz CT molecular complexity index is 245. The summed E-state index contributed by atoms with van der Waals surface area (Å²) >= 11 is 0. The molecule has 0 saturated heterocycles. The van der Waals surface area contributed by atoms with Crippen molar-refractivity contribution in [3.63, 3.8) is 0 Å². The van der Waals surface area contributed by atoms with Crippen molar-refractivity contribution in [1.82, 2.24) is 5.16 Å². The van der Waals surface area contributed by atoms with Gasteiger partial charge < -0.3 is 10.3 Å². The van der Waals surface area contributed by atoms with Crippen molar-refractivity contribution in [3.05, 3.63) is 18.0 Å². The van der Waals surface area contributed by atoms with Crippen molar-refractivity contribution in [3.8, 4) is 0 Å². The summed E-state index contributed by atoms with van der Waals surface area (Å²) in [5.74, 6) is 0. The Morgan fingerprint density at radius 3 is 2.69 bits per heavy atom. The second-order valence-corrected chi connectivity index (χ2v) is 2.68. The molecule has 0 aliphatic carbocycles. The number of hydrogen-bond acceptors (Lipinski definition) is 3. The summed E-state index contributed by atoms with van der Waals surface area (Å²) in [6.07, 6.45) is -3.96. The highest BCUT2D eigenvalue weighted by Gasteiger charge is 2.28. The molecule has 1 aromatic rings. The first kappa shape index (κ1) is 10.0. The number of nitrogens with two attached hydrogens (primary N) is 1. The number of hydrogen-bond donors (Lipinski definition) is 1. The van der Waals surface area contributed by atoms with Crippen LogP contribution in [0.4, 0.5) is 13.2 Å². The molecule has 0 saturated carbocycles. The maximum atomic E-state index is 11.8. The first-order chi connectivity index (χ1) is 5.99. The highest BCUT2D eigenvalue weighted by Crippen LogP contribution is 2.25. The number of alkyl halides is 3. The third-order valence-electron chi connectivity index (χ3n) is 1.58. The molecule has 1 heterocycles. The molecule has 0 spiro atoms. The van der Waals surface area contributed by atoms with Crippen molar-refractivity contribution in [2.45, 2.75) is 25.1 Å². The Balaban J connectivity index is 2.39. The van der Waals surface area contributed by atoms with Crippen LogP contribution in [-0.2, 0) is 0 Å². The van der Waals surface area contributed by atoms with Crippen LogP contribution in [0, 0.1) is 0 Å². The zero-order valence-corrected chi connectivity index (χ0v) is 6.71. The number of halogens is 3. The molecule has 6 heteroatoms. The van der Waals surface area contributed by atoms with Crippen molar-refractivity contribution in [1.29, 1.82) is 0 Å². The summed E-state index contributed by atoms with van der Waals surface area (Å²) in [6, 6.07) is 0.751. The predicted molar refractivity (Wildman–Crippen MR) is 38.7 cm³/mol. The molecular weight excluding hydrogens is 185 g/mol. The summed E-state index contributed by atoms with van der Waals surface area (Å²) in [5.41, 5.74) is 5.78. The van der Waals surface area contributed by atoms with E-state index < -0.39 is 18.6 Å². The molecule has 0 radical (unpaired) electrons. The van der Waals surface area contributed by atoms with Crippen LogP contribution < -0.4 is 5.73 Å². The SMILES string of the molecule is NC(CCC(F)(F)F)c1ccon1. The van der Waals surface area contributed by atoms with Gasteiger partial charge >= 0.3 is 6.18 Å². The van der Waals surface area contributed by atoms with Gasteiger partial charge in [-0.25, -0.2) is 0 Å². The average Bonchev–Trinajstić information content (AvgIpc) is 2.50. The van der Waals surface area contributed by atoms with Gasteiger partial charge in [0.15, 0.2) is 0 Å². The number of aromatic nitrogens is 1. The Kier molecular flexibility index (Phi) is 2.92. The van der Waals surface area contributed by atoms with E-state index in [1.54, 1.807) is 0 Å². The zero-order chi connectivity index (χ0) is 9.90. The van der Waals surface area contributed by atoms with Crippen LogP contribution in [0.2, 0.25) is 0 Å². The molecular formula is C7H9F3N2O. The summed E-state index contributed by atoms with van der Waals surface area (Å²) in [4.78, 5) is 0. The van der Waals surface area contributed by atoms with Crippen molar-refractivity contribution < 1.29 is 17.7 Å². The van der Waals surface area contributed by atoms with Gasteiger partial charge in [0, 0.05) is 12.5 Å². The molecule has 1 unspecified atom stereocenters. The van der Waals surface area contributed by atoms with Crippen LogP contribution in [0.15, 0.2) is 16.9 Å². The Hall–Kier alpha value is -1.04. The third-order valence-corrected chi connectivity index (χ3v) is 1.58. The largest absolute Gasteiger partial charge is 0.389 e. The predicted octanol–water partition coefficient (Wildman–Crippen LogP) is 2.02. The van der Waals surface area contributed by atoms with Crippen LogP contribution in [0.25, 0.3) is 0 Å². The molecule has 0 amide bonds. The molecule has 13 heavy (non-hydrogen) atoms. The molecule has 1 rings (SSSR count). The number of nitrogens with zero attached hydrogens (tertiary/aromatic N) is 1. The second-order valence-electron chi connectivity index (χ2n) is 2.68. The molecule has 1 atom stereocenters. The minimum absolute atomic E-state index is 0.171. The molecule has 74 valence electrons. The molecule has 2 N–H and O–H groups in total. The lowest BCUT2D eigenvalue weighted by Gasteiger charge is -2.09. The van der Waals surface area contributed by atoms with E-state index in [0.717, 1.165) is 0 Å². The minimum atomic E-state index is -4.17. The second kappa shape index (κ2) is 3.78. The average molecular weight is 194 g/mol. The summed E-state index contributed by atoms with van der Waals surface area (Å²) in [5, 5.41) is 3.45. The highest BCUT2D eigenvalue weighted by molar-refractivity contribution is 5.01. The quantitative estimate of drug-likeness (QED) is 0.800. The first-order valence-corrected chi connectivity index (χ1v) is 3.71. The van der Waals surface area contributed by atoms with E-state index in [1.165, 1.54) is 12.3 Å². The van der Waals surface area contributed by atoms with Crippen LogP contribution in [0.5, 0.6) is 0 Å². The summed E-state index contributed by atoms with van der Waals surface area (Å²) < 4.78 is 39.7. The molecule has 1 aromatic heterocycles. The van der Waals surface area contributed by atoms with Gasteiger partial charge in [-0.3, -0.25) is 0 Å². The van der Waals surface area contributed by atoms with Crippen LogP contribution in [-0.4, -0.2) is 11.3 Å². The van der Waals surface area contributed by atoms with Gasteiger partial charge in [-0.05, 0) is 6.42 Å². The molecule has 0 aliphatic rings. The van der Waals surface area contributed by atoms with Crippen molar-refractivity contribution in [2.75, 3.05) is 0 Å². The normalized spacial score (nSPS) is 14.5. The molecule has 0 aliphatic heterocycles. The van der Waals surface area contributed by atoms with E-state index in [2.05, 4.69) is 9.68 Å². The van der Waals surface area contributed by atoms with E-state index in [1.807, 2.05) is 0 Å². The smallest absolute Gasteiger partial charge is 0.364 e. The topological polar surface area (TPSA) is 52.0 Å². The van der Waals surface area contributed by atoms with Gasteiger partial charge in [-0.2, -0.15) is 13.2 Å². The molecule has 0 fully saturated rings. The van der Waals surface area contributed by atoms with E-state index in [0.29, 0.717) is 5.69 Å². The molecule has 0 bridgehead atoms. The third kappa shape index (κ3) is 3.45. The summed E-state index contributed by atoms with van der Waals surface area (Å²) in [7, 11) is 0. The molecule has 0 aromatic carbocycles. The Labute approximate surface area is 72.7 Å². The number of rotatable bonds is 3. The highest BCUT2D eigenvalue weighted by atomic mass is 19.4. The van der Waals surface area contributed by atoms with Gasteiger partial charge in [-0.15, -0.1) is 0 Å². The van der Waals surface area contributed by atoms with Crippen LogP contribution in [0.3, 0.4) is 0 Å². The summed E-state index contributed by atoms with van der Waals surface area (Å²) in [6.45, 7) is 0. The van der Waals surface area contributed by atoms with Crippen LogP contribution >= 0.6 is 0 Å². The maximum absolute atomic E-state index is 11.8. The van der Waals surface area contributed by atoms with Crippen LogP contribution in [0.1, 0.15) is 24.6 Å². The van der Waals surface area contributed by atoms with Gasteiger partial charge in [0.1, 0.15) is 12.0 Å². The fraction of sp³-hybridized carbons (Fsp3) is 0.571. The Morgan fingerprint density at radius 1 is 1.54 bits per heavy atom. The van der Waals surface area contributed by atoms with Crippen molar-refractivity contribution >= 4 is 0 Å². The minimum Gasteiger partial charge on any atom is -0.364 e. The van der Waals surface area contributed by atoms with Gasteiger partial charge in [0.05, 0.1) is 6.04 Å². The van der Waals surface area contributed by atoms with Crippen molar-refractivity contribution in [2.24, 2.45) is 5.73 Å². The van der Waals surface area contributed by atoms with E-state index in [-0.39, 0.29) is 6.42 Å². The van der Waals surface area contributed by atoms with Gasteiger partial charge in [0.2, 0.25) is 0 Å². The van der Waals surface area contributed by atoms with Gasteiger partial charge in [-0.1, -0.05) is 5.16 Å². The standard InChI is InChI=1S/C7H9F3N2O/c8-7(9,10)3-1-5(11)6-2-4-13-12-6/h2,4-5H,1,3,11H2. The fourth-order valence-corrected chi connectivity index (χ4v) is 0.880. The van der Waals surface area contributed by atoms with E-state index >= 15 is 0 Å². The first-order valence-electron chi connectivity index (χ1n) is 3.71. The lowest BCUT2D eigenvalue weighted by atomic mass is 10.1. The zero-order valence-electron chi connectivity index (χ0n) is 6.71. The lowest BCUT2D eigenvalue weighted by Crippen LogP contribution is -2.15. The van der Waals surface area contributed by atoms with Gasteiger partial charge in [0.25, 0.3) is 0 Å². The Morgan fingerprint density at radius 2 is 2.23 bits per heavy atom. The molecule has 3 nitrogen and oxygen atoms in total. The fourth-order valence-electron chi connectivity index (χ4n) is 0.880. The van der Waals surface area contributed by atoms with E-state index in [4.69, 9.17) is 5.73 Å². The monoisotopic (exact) mass is 194 g/mol. The van der Waals surface area contributed by atoms with E-state index in [9.17, 15) is 13.2 Å².